The minimum Gasteiger partial charge on any atom is -0.378 e. The molecule has 2 heteroatoms. The van der Waals surface area contributed by atoms with Crippen LogP contribution in [-0.2, 0) is 4.74 Å². The Labute approximate surface area is 110 Å². The first kappa shape index (κ1) is 12.2. The standard InChI is InChI=1S/C16H23NO/c1-16(2,3)15-9-13-10-18-11-14(17(13)15)12-7-5-4-6-8-12/h4-8,13-15H,9-11H2,1-3H3. The van der Waals surface area contributed by atoms with Gasteiger partial charge in [0.1, 0.15) is 0 Å². The molecule has 3 unspecified atom stereocenters. The largest absolute Gasteiger partial charge is 0.378 e. The van der Waals surface area contributed by atoms with Crippen LogP contribution in [0.5, 0.6) is 0 Å². The molecule has 2 heterocycles. The Morgan fingerprint density at radius 3 is 2.50 bits per heavy atom. The van der Waals surface area contributed by atoms with E-state index in [0.717, 1.165) is 13.2 Å². The summed E-state index contributed by atoms with van der Waals surface area (Å²) in [5.41, 5.74) is 1.76. The molecule has 0 saturated carbocycles. The predicted octanol–water partition coefficient (Wildman–Crippen LogP) is 3.25. The third kappa shape index (κ3) is 1.98. The van der Waals surface area contributed by atoms with Gasteiger partial charge in [-0.3, -0.25) is 4.90 Å². The second-order valence-electron chi connectivity index (χ2n) is 6.68. The summed E-state index contributed by atoms with van der Waals surface area (Å²) in [6.45, 7) is 8.81. The van der Waals surface area contributed by atoms with Crippen LogP contribution in [0, 0.1) is 5.41 Å². The maximum Gasteiger partial charge on any atom is 0.0664 e. The van der Waals surface area contributed by atoms with E-state index >= 15 is 0 Å². The molecule has 2 saturated heterocycles. The highest BCUT2D eigenvalue weighted by Gasteiger charge is 2.49. The van der Waals surface area contributed by atoms with Crippen molar-refractivity contribution in [3.05, 3.63) is 35.9 Å². The van der Waals surface area contributed by atoms with Crippen molar-refractivity contribution in [3.63, 3.8) is 0 Å². The van der Waals surface area contributed by atoms with Gasteiger partial charge in [-0.15, -0.1) is 0 Å². The Balaban J connectivity index is 1.86. The molecule has 0 radical (unpaired) electrons. The lowest BCUT2D eigenvalue weighted by Gasteiger charge is -2.59. The molecule has 0 amide bonds. The molecule has 3 rings (SSSR count). The highest BCUT2D eigenvalue weighted by atomic mass is 16.5. The fraction of sp³-hybridized carbons (Fsp3) is 0.625. The zero-order chi connectivity index (χ0) is 12.8. The summed E-state index contributed by atoms with van der Waals surface area (Å²) in [6.07, 6.45) is 1.28. The molecule has 0 aromatic heterocycles. The summed E-state index contributed by atoms with van der Waals surface area (Å²) in [4.78, 5) is 2.69. The summed E-state index contributed by atoms with van der Waals surface area (Å²) >= 11 is 0. The summed E-state index contributed by atoms with van der Waals surface area (Å²) in [5, 5.41) is 0. The maximum atomic E-state index is 5.79. The number of ether oxygens (including phenoxy) is 1. The van der Waals surface area contributed by atoms with E-state index in [9.17, 15) is 0 Å². The van der Waals surface area contributed by atoms with Gasteiger partial charge in [0.25, 0.3) is 0 Å². The van der Waals surface area contributed by atoms with Crippen LogP contribution in [0.25, 0.3) is 0 Å². The Bertz CT molecular complexity index is 409. The SMILES string of the molecule is CC(C)(C)C1CC2COCC(c3ccccc3)N21. The van der Waals surface area contributed by atoms with E-state index in [4.69, 9.17) is 4.74 Å². The van der Waals surface area contributed by atoms with Gasteiger partial charge in [0.15, 0.2) is 0 Å². The molecule has 98 valence electrons. The van der Waals surface area contributed by atoms with E-state index in [1.165, 1.54) is 12.0 Å². The Morgan fingerprint density at radius 2 is 1.83 bits per heavy atom. The van der Waals surface area contributed by atoms with Gasteiger partial charge in [-0.2, -0.15) is 0 Å². The first-order valence-electron chi connectivity index (χ1n) is 6.97. The van der Waals surface area contributed by atoms with Crippen LogP contribution in [0.1, 0.15) is 38.8 Å². The lowest BCUT2D eigenvalue weighted by molar-refractivity contribution is -0.161. The van der Waals surface area contributed by atoms with E-state index < -0.39 is 0 Å². The number of morpholine rings is 1. The van der Waals surface area contributed by atoms with Crippen molar-refractivity contribution in [2.45, 2.75) is 45.3 Å². The van der Waals surface area contributed by atoms with E-state index in [1.54, 1.807) is 0 Å². The summed E-state index contributed by atoms with van der Waals surface area (Å²) in [6, 6.07) is 12.6. The van der Waals surface area contributed by atoms with Gasteiger partial charge in [-0.05, 0) is 17.4 Å². The molecule has 1 aromatic rings. The predicted molar refractivity (Wildman–Crippen MR) is 73.5 cm³/mol. The lowest BCUT2D eigenvalue weighted by Crippen LogP contribution is -2.66. The molecule has 2 nitrogen and oxygen atoms in total. The molecule has 2 aliphatic rings. The van der Waals surface area contributed by atoms with Gasteiger partial charge in [0.2, 0.25) is 0 Å². The molecule has 2 fully saturated rings. The number of nitrogens with zero attached hydrogens (tertiary/aromatic N) is 1. The monoisotopic (exact) mass is 245 g/mol. The van der Waals surface area contributed by atoms with E-state index in [0.29, 0.717) is 23.5 Å². The average molecular weight is 245 g/mol. The highest BCUT2D eigenvalue weighted by molar-refractivity contribution is 5.22. The molecular formula is C16H23NO. The second kappa shape index (κ2) is 4.36. The van der Waals surface area contributed by atoms with Crippen LogP contribution in [0.3, 0.4) is 0 Å². The van der Waals surface area contributed by atoms with Crippen molar-refractivity contribution < 1.29 is 4.74 Å². The molecule has 0 N–H and O–H groups in total. The van der Waals surface area contributed by atoms with Crippen LogP contribution < -0.4 is 0 Å². The minimum atomic E-state index is 0.362. The van der Waals surface area contributed by atoms with E-state index in [1.807, 2.05) is 0 Å². The third-order valence-electron chi connectivity index (χ3n) is 4.41. The highest BCUT2D eigenvalue weighted by Crippen LogP contribution is 2.45. The Hall–Kier alpha value is -0.860. The zero-order valence-electron chi connectivity index (χ0n) is 11.6. The van der Waals surface area contributed by atoms with Crippen LogP contribution in [0.15, 0.2) is 30.3 Å². The van der Waals surface area contributed by atoms with Crippen LogP contribution in [0.4, 0.5) is 0 Å². The normalized spacial score (nSPS) is 32.7. The van der Waals surface area contributed by atoms with Gasteiger partial charge in [0.05, 0.1) is 19.3 Å². The molecule has 0 spiro atoms. The lowest BCUT2D eigenvalue weighted by atomic mass is 9.73. The van der Waals surface area contributed by atoms with Crippen molar-refractivity contribution >= 4 is 0 Å². The fourth-order valence-electron chi connectivity index (χ4n) is 3.39. The van der Waals surface area contributed by atoms with E-state index in [2.05, 4.69) is 56.0 Å². The first-order valence-corrected chi connectivity index (χ1v) is 6.97. The van der Waals surface area contributed by atoms with Gasteiger partial charge >= 0.3 is 0 Å². The minimum absolute atomic E-state index is 0.362. The molecule has 0 bridgehead atoms. The molecule has 3 atom stereocenters. The fourth-order valence-corrected chi connectivity index (χ4v) is 3.39. The smallest absolute Gasteiger partial charge is 0.0664 e. The quantitative estimate of drug-likeness (QED) is 0.753. The molecule has 2 aliphatic heterocycles. The number of benzene rings is 1. The molecule has 1 aromatic carbocycles. The second-order valence-corrected chi connectivity index (χ2v) is 6.68. The van der Waals surface area contributed by atoms with Gasteiger partial charge in [-0.25, -0.2) is 0 Å². The Kier molecular flexibility index (Phi) is 2.95. The van der Waals surface area contributed by atoms with Gasteiger partial charge < -0.3 is 4.74 Å². The average Bonchev–Trinajstić information content (AvgIpc) is 2.29. The van der Waals surface area contributed by atoms with Crippen molar-refractivity contribution in [2.75, 3.05) is 13.2 Å². The van der Waals surface area contributed by atoms with Crippen LogP contribution >= 0.6 is 0 Å². The number of hydrogen-bond donors (Lipinski definition) is 0. The van der Waals surface area contributed by atoms with E-state index in [-0.39, 0.29) is 0 Å². The zero-order valence-corrected chi connectivity index (χ0v) is 11.6. The van der Waals surface area contributed by atoms with Gasteiger partial charge in [0, 0.05) is 12.1 Å². The number of fused-ring (bicyclic) bond motifs is 1. The summed E-state index contributed by atoms with van der Waals surface area (Å²) < 4.78 is 5.79. The maximum absolute atomic E-state index is 5.79. The van der Waals surface area contributed by atoms with Gasteiger partial charge in [-0.1, -0.05) is 51.1 Å². The first-order chi connectivity index (χ1) is 8.57. The number of rotatable bonds is 1. The molecule has 18 heavy (non-hydrogen) atoms. The number of hydrogen-bond acceptors (Lipinski definition) is 2. The third-order valence-corrected chi connectivity index (χ3v) is 4.41. The Morgan fingerprint density at radius 1 is 1.11 bits per heavy atom. The van der Waals surface area contributed by atoms with Crippen molar-refractivity contribution in [1.82, 2.24) is 4.90 Å². The van der Waals surface area contributed by atoms with Crippen molar-refractivity contribution in [1.29, 1.82) is 0 Å². The van der Waals surface area contributed by atoms with Crippen LogP contribution in [-0.4, -0.2) is 30.2 Å². The summed E-state index contributed by atoms with van der Waals surface area (Å²) in [5.74, 6) is 0. The molecule has 0 aliphatic carbocycles. The van der Waals surface area contributed by atoms with Crippen LogP contribution in [0.2, 0.25) is 0 Å². The van der Waals surface area contributed by atoms with Crippen molar-refractivity contribution in [2.24, 2.45) is 5.41 Å². The molecular weight excluding hydrogens is 222 g/mol. The summed E-state index contributed by atoms with van der Waals surface area (Å²) in [7, 11) is 0. The topological polar surface area (TPSA) is 12.5 Å². The van der Waals surface area contributed by atoms with Crippen molar-refractivity contribution in [3.8, 4) is 0 Å².